The molecule has 6 heteroatoms. The Balaban J connectivity index is 1.58. The predicted octanol–water partition coefficient (Wildman–Crippen LogP) is 2.91. The summed E-state index contributed by atoms with van der Waals surface area (Å²) in [5.41, 5.74) is 0.875. The van der Waals surface area contributed by atoms with Gasteiger partial charge in [0.05, 0.1) is 11.3 Å². The zero-order chi connectivity index (χ0) is 19.4. The number of nitrogens with one attached hydrogen (secondary N) is 1. The van der Waals surface area contributed by atoms with Crippen molar-refractivity contribution in [2.45, 2.75) is 52.0 Å². The van der Waals surface area contributed by atoms with Crippen LogP contribution in [0.25, 0.3) is 0 Å². The smallest absolute Gasteiger partial charge is 0.340 e. The fourth-order valence-corrected chi connectivity index (χ4v) is 4.03. The van der Waals surface area contributed by atoms with Gasteiger partial charge in [0, 0.05) is 19.0 Å². The summed E-state index contributed by atoms with van der Waals surface area (Å²) in [6.45, 7) is 4.66. The minimum atomic E-state index is -0.578. The second-order valence-electron chi connectivity index (χ2n) is 7.68. The Kier molecular flexibility index (Phi) is 6.14. The number of benzene rings is 1. The molecule has 1 saturated carbocycles. The van der Waals surface area contributed by atoms with E-state index in [-0.39, 0.29) is 24.5 Å². The van der Waals surface area contributed by atoms with Gasteiger partial charge in [-0.1, -0.05) is 38.8 Å². The summed E-state index contributed by atoms with van der Waals surface area (Å²) in [7, 11) is 0. The average Bonchev–Trinajstić information content (AvgIpc) is 3.09. The number of hydrogen-bond acceptors (Lipinski definition) is 4. The van der Waals surface area contributed by atoms with Crippen molar-refractivity contribution in [1.29, 1.82) is 0 Å². The number of nitrogens with zero attached hydrogens (tertiary/aromatic N) is 1. The maximum atomic E-state index is 12.5. The Labute approximate surface area is 160 Å². The molecule has 2 fully saturated rings. The quantitative estimate of drug-likeness (QED) is 0.807. The molecule has 0 unspecified atom stereocenters. The molecule has 6 nitrogen and oxygen atoms in total. The van der Waals surface area contributed by atoms with E-state index in [0.717, 1.165) is 19.3 Å². The number of esters is 1. The zero-order valence-electron chi connectivity index (χ0n) is 16.1. The van der Waals surface area contributed by atoms with Crippen LogP contribution in [0.15, 0.2) is 24.3 Å². The summed E-state index contributed by atoms with van der Waals surface area (Å²) in [6, 6.07) is 7.02. The number of ether oxygens (including phenoxy) is 1. The molecule has 2 amide bonds. The Hall–Kier alpha value is -2.37. The van der Waals surface area contributed by atoms with Gasteiger partial charge in [-0.3, -0.25) is 9.59 Å². The van der Waals surface area contributed by atoms with Crippen molar-refractivity contribution in [3.8, 4) is 0 Å². The minimum absolute atomic E-state index is 0.00778. The molecular weight excluding hydrogens is 344 g/mol. The molecule has 1 aliphatic heterocycles. The first kappa shape index (κ1) is 19.4. The molecular formula is C21H28N2O4. The topological polar surface area (TPSA) is 75.7 Å². The fourth-order valence-electron chi connectivity index (χ4n) is 4.03. The Morgan fingerprint density at radius 1 is 1.19 bits per heavy atom. The summed E-state index contributed by atoms with van der Waals surface area (Å²) < 4.78 is 5.24. The lowest BCUT2D eigenvalue weighted by atomic mass is 9.78. The predicted molar refractivity (Wildman–Crippen MR) is 102 cm³/mol. The van der Waals surface area contributed by atoms with E-state index < -0.39 is 5.97 Å². The summed E-state index contributed by atoms with van der Waals surface area (Å²) >= 11 is 0. The largest absolute Gasteiger partial charge is 0.452 e. The summed E-state index contributed by atoms with van der Waals surface area (Å²) in [5, 5.41) is 3.00. The molecule has 0 aromatic heterocycles. The van der Waals surface area contributed by atoms with E-state index in [4.69, 9.17) is 4.74 Å². The van der Waals surface area contributed by atoms with E-state index in [9.17, 15) is 14.4 Å². The number of rotatable bonds is 5. The molecule has 146 valence electrons. The van der Waals surface area contributed by atoms with E-state index >= 15 is 0 Å². The van der Waals surface area contributed by atoms with Crippen molar-refractivity contribution < 1.29 is 19.1 Å². The molecule has 1 aromatic rings. The van der Waals surface area contributed by atoms with Gasteiger partial charge < -0.3 is 15.0 Å². The molecule has 1 heterocycles. The summed E-state index contributed by atoms with van der Waals surface area (Å²) in [5.74, 6) is 0.153. The maximum Gasteiger partial charge on any atom is 0.340 e. The van der Waals surface area contributed by atoms with Crippen molar-refractivity contribution in [1.82, 2.24) is 5.32 Å². The van der Waals surface area contributed by atoms with Crippen molar-refractivity contribution in [2.24, 2.45) is 11.8 Å². The van der Waals surface area contributed by atoms with Crippen LogP contribution < -0.4 is 10.2 Å². The third-order valence-electron chi connectivity index (χ3n) is 5.88. The second-order valence-corrected chi connectivity index (χ2v) is 7.68. The van der Waals surface area contributed by atoms with Crippen molar-refractivity contribution >= 4 is 23.5 Å². The zero-order valence-corrected chi connectivity index (χ0v) is 16.1. The van der Waals surface area contributed by atoms with Crippen LogP contribution >= 0.6 is 0 Å². The van der Waals surface area contributed by atoms with Gasteiger partial charge in [-0.2, -0.15) is 0 Å². The molecule has 27 heavy (non-hydrogen) atoms. The van der Waals surface area contributed by atoms with Crippen LogP contribution in [0.1, 0.15) is 56.3 Å². The number of amides is 2. The third kappa shape index (κ3) is 4.49. The average molecular weight is 372 g/mol. The van der Waals surface area contributed by atoms with E-state index in [1.54, 1.807) is 29.2 Å². The van der Waals surface area contributed by atoms with Gasteiger partial charge in [0.25, 0.3) is 5.91 Å². The van der Waals surface area contributed by atoms with Crippen LogP contribution in [0, 0.1) is 11.8 Å². The van der Waals surface area contributed by atoms with Crippen molar-refractivity contribution in [2.75, 3.05) is 18.1 Å². The highest BCUT2D eigenvalue weighted by Crippen LogP contribution is 2.29. The van der Waals surface area contributed by atoms with Gasteiger partial charge in [0.2, 0.25) is 5.91 Å². The lowest BCUT2D eigenvalue weighted by Crippen LogP contribution is -2.45. The van der Waals surface area contributed by atoms with Crippen LogP contribution in [-0.2, 0) is 14.3 Å². The first-order valence-electron chi connectivity index (χ1n) is 9.83. The third-order valence-corrected chi connectivity index (χ3v) is 5.88. The van der Waals surface area contributed by atoms with Crippen LogP contribution in [0.5, 0.6) is 0 Å². The summed E-state index contributed by atoms with van der Waals surface area (Å²) in [6.07, 6.45) is 4.53. The molecule has 1 aliphatic carbocycles. The van der Waals surface area contributed by atoms with Crippen LogP contribution in [0.4, 0.5) is 5.69 Å². The lowest BCUT2D eigenvalue weighted by molar-refractivity contribution is -0.125. The SMILES string of the molecule is C[C@@H]1[C@H](C)CCC[C@H]1NC(=O)COC(=O)c1ccccc1N1CCCC1=O. The lowest BCUT2D eigenvalue weighted by Gasteiger charge is -2.34. The van der Waals surface area contributed by atoms with E-state index in [0.29, 0.717) is 36.1 Å². The van der Waals surface area contributed by atoms with Crippen LogP contribution in [-0.4, -0.2) is 37.0 Å². The molecule has 1 saturated heterocycles. The highest BCUT2D eigenvalue weighted by Gasteiger charge is 2.29. The number of carbonyl (C=O) groups is 3. The first-order valence-corrected chi connectivity index (χ1v) is 9.83. The van der Waals surface area contributed by atoms with Crippen molar-refractivity contribution in [3.63, 3.8) is 0 Å². The number of anilines is 1. The summed E-state index contributed by atoms with van der Waals surface area (Å²) in [4.78, 5) is 38.4. The highest BCUT2D eigenvalue weighted by molar-refractivity contribution is 6.03. The normalized spacial score (nSPS) is 25.3. The fraction of sp³-hybridized carbons (Fsp3) is 0.571. The standard InChI is InChI=1S/C21H28N2O4/c1-14-7-5-9-17(15(14)2)22-19(24)13-27-21(26)16-8-3-4-10-18(16)23-12-6-11-20(23)25/h3-4,8,10,14-15,17H,5-7,9,11-13H2,1-2H3,(H,22,24)/t14-,15-,17-/m1/s1. The maximum absolute atomic E-state index is 12.5. The van der Waals surface area contributed by atoms with Crippen LogP contribution in [0.3, 0.4) is 0 Å². The highest BCUT2D eigenvalue weighted by atomic mass is 16.5. The molecule has 3 rings (SSSR count). The minimum Gasteiger partial charge on any atom is -0.452 e. The van der Waals surface area contributed by atoms with Gasteiger partial charge in [-0.25, -0.2) is 4.79 Å². The van der Waals surface area contributed by atoms with Gasteiger partial charge in [-0.15, -0.1) is 0 Å². The van der Waals surface area contributed by atoms with Crippen LogP contribution in [0.2, 0.25) is 0 Å². The molecule has 1 N–H and O–H groups in total. The van der Waals surface area contributed by atoms with Crippen molar-refractivity contribution in [3.05, 3.63) is 29.8 Å². The van der Waals surface area contributed by atoms with Gasteiger partial charge in [-0.05, 0) is 36.8 Å². The van der Waals surface area contributed by atoms with E-state index in [1.807, 2.05) is 0 Å². The van der Waals surface area contributed by atoms with Gasteiger partial charge in [0.15, 0.2) is 6.61 Å². The van der Waals surface area contributed by atoms with Gasteiger partial charge in [0.1, 0.15) is 0 Å². The van der Waals surface area contributed by atoms with Gasteiger partial charge >= 0.3 is 5.97 Å². The molecule has 3 atom stereocenters. The van der Waals surface area contributed by atoms with E-state index in [2.05, 4.69) is 19.2 Å². The monoisotopic (exact) mass is 372 g/mol. The molecule has 1 aromatic carbocycles. The Bertz CT molecular complexity index is 718. The second kappa shape index (κ2) is 8.55. The molecule has 2 aliphatic rings. The molecule has 0 bridgehead atoms. The number of para-hydroxylation sites is 1. The first-order chi connectivity index (χ1) is 13.0. The number of hydrogen-bond donors (Lipinski definition) is 1. The molecule has 0 radical (unpaired) electrons. The molecule has 0 spiro atoms. The number of carbonyl (C=O) groups excluding carboxylic acids is 3. The van der Waals surface area contributed by atoms with E-state index in [1.165, 1.54) is 6.42 Å². The Morgan fingerprint density at radius 3 is 2.70 bits per heavy atom. The Morgan fingerprint density at radius 2 is 1.96 bits per heavy atom.